The minimum absolute atomic E-state index is 0. The molecule has 5 heteroatoms. The van der Waals surface area contributed by atoms with Crippen LogP contribution < -0.4 is 0 Å². The van der Waals surface area contributed by atoms with E-state index in [1.54, 1.807) is 0 Å². The molecule has 0 aliphatic heterocycles. The van der Waals surface area contributed by atoms with Crippen LogP contribution in [0.3, 0.4) is 0 Å². The summed E-state index contributed by atoms with van der Waals surface area (Å²) in [7, 11) is 0. The fourth-order valence-corrected chi connectivity index (χ4v) is 12.9. The Labute approximate surface area is 495 Å². The van der Waals surface area contributed by atoms with Crippen molar-refractivity contribution in [2.45, 2.75) is 7.43 Å². The van der Waals surface area contributed by atoms with Crippen LogP contribution in [0.25, 0.3) is 143 Å². The maximum Gasteiger partial charge on any atom is 0.0541 e. The van der Waals surface area contributed by atoms with E-state index in [0.29, 0.717) is 0 Å². The molecule has 0 aliphatic rings. The van der Waals surface area contributed by atoms with Gasteiger partial charge in [0, 0.05) is 65.8 Å². The van der Waals surface area contributed by atoms with Crippen LogP contribution in [0.4, 0.5) is 0 Å². The first-order chi connectivity index (χ1) is 40.7. The van der Waals surface area contributed by atoms with E-state index in [4.69, 9.17) is 0 Å². The summed E-state index contributed by atoms with van der Waals surface area (Å²) in [6.07, 6.45) is 0. The number of aromatic nitrogens is 4. The van der Waals surface area contributed by atoms with Crippen LogP contribution in [0.1, 0.15) is 7.43 Å². The molecule has 0 atom stereocenters. The normalized spacial score (nSPS) is 11.4. The Hall–Kier alpha value is -10.6. The predicted molar refractivity (Wildman–Crippen MR) is 364 cm³/mol. The van der Waals surface area contributed by atoms with Crippen molar-refractivity contribution in [2.75, 3.05) is 0 Å². The summed E-state index contributed by atoms with van der Waals surface area (Å²) in [5, 5.41) is 10.2. The van der Waals surface area contributed by atoms with Crippen molar-refractivity contribution in [3.05, 3.63) is 315 Å². The average molecular weight is 1100 g/mol. The third-order valence-corrected chi connectivity index (χ3v) is 16.6. The molecular formula is C79H58N4S. The molecule has 4 aromatic heterocycles. The number of fused-ring (bicyclic) bond motifs is 12. The van der Waals surface area contributed by atoms with E-state index in [0.717, 1.165) is 0 Å². The Kier molecular flexibility index (Phi) is 13.1. The van der Waals surface area contributed by atoms with Gasteiger partial charge in [0.1, 0.15) is 0 Å². The number of benzene rings is 13. The minimum Gasteiger partial charge on any atom is -0.309 e. The highest BCUT2D eigenvalue weighted by Crippen LogP contribution is 2.40. The largest absolute Gasteiger partial charge is 0.309 e. The van der Waals surface area contributed by atoms with Crippen LogP contribution in [-0.4, -0.2) is 18.3 Å². The van der Waals surface area contributed by atoms with Gasteiger partial charge in [-0.2, -0.15) is 13.5 Å². The van der Waals surface area contributed by atoms with E-state index in [1.165, 1.54) is 143 Å². The molecule has 0 N–H and O–H groups in total. The lowest BCUT2D eigenvalue weighted by atomic mass is 9.97. The third-order valence-electron chi connectivity index (χ3n) is 16.6. The van der Waals surface area contributed by atoms with Gasteiger partial charge in [0.25, 0.3) is 0 Å². The summed E-state index contributed by atoms with van der Waals surface area (Å²) in [4.78, 5) is 0. The van der Waals surface area contributed by atoms with Gasteiger partial charge in [0.2, 0.25) is 0 Å². The van der Waals surface area contributed by atoms with Gasteiger partial charge in [-0.1, -0.05) is 202 Å². The molecule has 84 heavy (non-hydrogen) atoms. The third kappa shape index (κ3) is 8.56. The summed E-state index contributed by atoms with van der Waals surface area (Å²) in [5.41, 5.74) is 21.8. The zero-order valence-corrected chi connectivity index (χ0v) is 46.3. The SMILES string of the molecule is C.S.c1ccc(-n2c3ccccc3c3cc(-c4cccc(-c5ccc6c(c5)c5ccccc5n6-c5ccccc5)c4)ccc32)cc1.c1ccc(-n2c3ccccc3c3cc(-c4cccc(-n5c6ccccc6c6ccccc65)c4)ccc32)cc1. The molecule has 4 heterocycles. The number of para-hydroxylation sites is 8. The maximum atomic E-state index is 2.38. The highest BCUT2D eigenvalue weighted by molar-refractivity contribution is 7.59. The van der Waals surface area contributed by atoms with Crippen molar-refractivity contribution in [1.29, 1.82) is 0 Å². The molecule has 0 amide bonds. The highest BCUT2D eigenvalue weighted by atomic mass is 32.1. The van der Waals surface area contributed by atoms with Crippen molar-refractivity contribution in [3.63, 3.8) is 0 Å². The number of nitrogens with zero attached hydrogens (tertiary/aromatic N) is 4. The van der Waals surface area contributed by atoms with E-state index in [-0.39, 0.29) is 20.9 Å². The lowest BCUT2D eigenvalue weighted by molar-refractivity contribution is 1.18. The summed E-state index contributed by atoms with van der Waals surface area (Å²) in [6.45, 7) is 0. The Morgan fingerprint density at radius 2 is 0.381 bits per heavy atom. The molecular weight excluding hydrogens is 1040 g/mol. The molecule has 0 radical (unpaired) electrons. The Bertz CT molecular complexity index is 5050. The van der Waals surface area contributed by atoms with Gasteiger partial charge in [0.05, 0.1) is 44.1 Å². The fourth-order valence-electron chi connectivity index (χ4n) is 12.9. The zero-order chi connectivity index (χ0) is 54.1. The summed E-state index contributed by atoms with van der Waals surface area (Å²) in [5.74, 6) is 0. The lowest BCUT2D eigenvalue weighted by Gasteiger charge is -2.11. The van der Waals surface area contributed by atoms with Gasteiger partial charge < -0.3 is 18.3 Å². The van der Waals surface area contributed by atoms with Crippen molar-refractivity contribution >= 4 is 101 Å². The quantitative estimate of drug-likeness (QED) is 0.152. The summed E-state index contributed by atoms with van der Waals surface area (Å²) in [6, 6.07) is 114. The number of rotatable bonds is 7. The standard InChI is InChI=1S/C42H28N2.C36H24N2.CH4.H2S/c1-3-14-33(15-4-1)43-39-20-9-7-18-35(39)37-27-31(22-24-41(37)43)29-12-11-13-30(26-29)32-23-25-42-38(28-32)36-19-8-10-21-40(36)44(42)34-16-5-2-6-17-34;1-2-12-27(13-3-1)37-35-20-9-6-17-31(35)32-24-26(21-22-36(32)37)25-11-10-14-28(23-25)38-33-18-7-4-15-29(33)30-16-5-8-19-34(30)38;;/h1-28H;1-24H;1H4;1H2. The number of hydrogen-bond donors (Lipinski definition) is 0. The Balaban J connectivity index is 0.000000147. The first-order valence-corrected chi connectivity index (χ1v) is 28.2. The van der Waals surface area contributed by atoms with Crippen LogP contribution in [0.5, 0.6) is 0 Å². The minimum atomic E-state index is 0. The molecule has 17 aromatic rings. The Morgan fingerprint density at radius 1 is 0.155 bits per heavy atom. The van der Waals surface area contributed by atoms with Crippen LogP contribution in [-0.2, 0) is 0 Å². The van der Waals surface area contributed by atoms with Gasteiger partial charge in [-0.25, -0.2) is 0 Å². The highest BCUT2D eigenvalue weighted by Gasteiger charge is 2.18. The zero-order valence-electron chi connectivity index (χ0n) is 45.3. The molecule has 0 spiro atoms. The van der Waals surface area contributed by atoms with Gasteiger partial charge in [0.15, 0.2) is 0 Å². The van der Waals surface area contributed by atoms with Crippen molar-refractivity contribution in [1.82, 2.24) is 18.3 Å². The molecule has 0 unspecified atom stereocenters. The van der Waals surface area contributed by atoms with E-state index in [2.05, 4.69) is 334 Å². The van der Waals surface area contributed by atoms with Crippen LogP contribution in [0.2, 0.25) is 0 Å². The number of hydrogen-bond acceptors (Lipinski definition) is 0. The molecule has 400 valence electrons. The van der Waals surface area contributed by atoms with E-state index in [1.807, 2.05) is 0 Å². The average Bonchev–Trinajstić information content (AvgIpc) is 3.18. The second-order valence-electron chi connectivity index (χ2n) is 21.3. The Morgan fingerprint density at radius 3 is 0.714 bits per heavy atom. The molecule has 0 fully saturated rings. The lowest BCUT2D eigenvalue weighted by Crippen LogP contribution is -1.94. The van der Waals surface area contributed by atoms with Crippen molar-refractivity contribution in [2.24, 2.45) is 0 Å². The van der Waals surface area contributed by atoms with Crippen LogP contribution >= 0.6 is 13.5 Å². The smallest absolute Gasteiger partial charge is 0.0541 e. The van der Waals surface area contributed by atoms with Gasteiger partial charge in [-0.05, 0) is 155 Å². The molecule has 4 nitrogen and oxygen atoms in total. The van der Waals surface area contributed by atoms with E-state index < -0.39 is 0 Å². The van der Waals surface area contributed by atoms with Crippen molar-refractivity contribution < 1.29 is 0 Å². The van der Waals surface area contributed by atoms with E-state index in [9.17, 15) is 0 Å². The predicted octanol–water partition coefficient (Wildman–Crippen LogP) is 21.5. The summed E-state index contributed by atoms with van der Waals surface area (Å²) < 4.78 is 9.48. The van der Waals surface area contributed by atoms with Crippen LogP contribution in [0, 0.1) is 0 Å². The fraction of sp³-hybridized carbons (Fsp3) is 0.0127. The molecule has 13 aromatic carbocycles. The molecule has 0 aliphatic carbocycles. The molecule has 0 bridgehead atoms. The van der Waals surface area contributed by atoms with Crippen LogP contribution in [0.15, 0.2) is 315 Å². The first kappa shape index (κ1) is 51.5. The second kappa shape index (κ2) is 21.4. The second-order valence-corrected chi connectivity index (χ2v) is 21.3. The molecule has 0 saturated heterocycles. The van der Waals surface area contributed by atoms with Gasteiger partial charge in [-0.3, -0.25) is 0 Å². The monoisotopic (exact) mass is 1090 g/mol. The molecule has 17 rings (SSSR count). The van der Waals surface area contributed by atoms with E-state index >= 15 is 0 Å². The summed E-state index contributed by atoms with van der Waals surface area (Å²) >= 11 is 0. The van der Waals surface area contributed by atoms with Gasteiger partial charge in [-0.15, -0.1) is 0 Å². The van der Waals surface area contributed by atoms with Gasteiger partial charge >= 0.3 is 0 Å². The topological polar surface area (TPSA) is 19.7 Å². The van der Waals surface area contributed by atoms with Crippen molar-refractivity contribution in [3.8, 4) is 56.1 Å². The first-order valence-electron chi connectivity index (χ1n) is 28.2. The molecule has 0 saturated carbocycles. The maximum absolute atomic E-state index is 2.38.